The van der Waals surface area contributed by atoms with Crippen molar-refractivity contribution in [3.8, 4) is 0 Å². The highest BCUT2D eigenvalue weighted by Gasteiger charge is 2.38. The van der Waals surface area contributed by atoms with Crippen LogP contribution in [0.25, 0.3) is 0 Å². The molecule has 0 fully saturated rings. The Morgan fingerprint density at radius 2 is 1.60 bits per heavy atom. The summed E-state index contributed by atoms with van der Waals surface area (Å²) in [6, 6.07) is 0. The summed E-state index contributed by atoms with van der Waals surface area (Å²) in [6.07, 6.45) is 4.05. The Hall–Kier alpha value is 0.327. The molecule has 0 heterocycles. The van der Waals surface area contributed by atoms with Gasteiger partial charge in [0.25, 0.3) is 0 Å². The van der Waals surface area contributed by atoms with E-state index in [0.717, 1.165) is 25.7 Å². The smallest absolute Gasteiger partial charge is 0.330 e. The normalized spacial score (nSPS) is 13.5. The molecule has 0 aromatic rings. The van der Waals surface area contributed by atoms with Crippen LogP contribution in [0.5, 0.6) is 0 Å². The number of hydrogen-bond acceptors (Lipinski definition) is 2. The third-order valence-electron chi connectivity index (χ3n) is 2.61. The Morgan fingerprint density at radius 1 is 1.20 bits per heavy atom. The Balaban J connectivity index is 4.54. The van der Waals surface area contributed by atoms with Crippen LogP contribution in [0.3, 0.4) is 0 Å². The minimum atomic E-state index is -4.33. The fraction of sp³-hybridized carbons (Fsp3) is 1.00. The average molecular weight is 254 g/mol. The number of rotatable bonds is 7. The summed E-state index contributed by atoms with van der Waals surface area (Å²) < 4.78 is 15.9. The van der Waals surface area contributed by atoms with Crippen molar-refractivity contribution in [1.82, 2.24) is 0 Å². The first-order chi connectivity index (χ1) is 6.73. The first-order valence-electron chi connectivity index (χ1n) is 5.49. The maximum atomic E-state index is 10.9. The van der Waals surface area contributed by atoms with Crippen LogP contribution in [0.2, 0.25) is 18.6 Å². The van der Waals surface area contributed by atoms with Gasteiger partial charge in [-0.2, -0.15) is 0 Å². The van der Waals surface area contributed by atoms with Crippen LogP contribution < -0.4 is 0 Å². The Labute approximate surface area is 93.4 Å². The van der Waals surface area contributed by atoms with Gasteiger partial charge in [0.15, 0.2) is 0 Å². The lowest BCUT2D eigenvalue weighted by Gasteiger charge is -2.31. The monoisotopic (exact) mass is 254 g/mol. The third kappa shape index (κ3) is 6.48. The zero-order chi connectivity index (χ0) is 12.1. The van der Waals surface area contributed by atoms with E-state index in [9.17, 15) is 4.57 Å². The van der Waals surface area contributed by atoms with Crippen molar-refractivity contribution in [3.05, 3.63) is 0 Å². The van der Waals surface area contributed by atoms with E-state index in [1.165, 1.54) is 0 Å². The van der Waals surface area contributed by atoms with Gasteiger partial charge < -0.3 is 14.0 Å². The largest absolute Gasteiger partial charge is 0.459 e. The van der Waals surface area contributed by atoms with Crippen LogP contribution >= 0.6 is 7.82 Å². The fourth-order valence-electron chi connectivity index (χ4n) is 1.92. The average Bonchev–Trinajstić information content (AvgIpc) is 1.99. The van der Waals surface area contributed by atoms with Gasteiger partial charge in [-0.25, -0.2) is 4.57 Å². The highest BCUT2D eigenvalue weighted by Crippen LogP contribution is 2.45. The van der Waals surface area contributed by atoms with Crippen molar-refractivity contribution in [2.24, 2.45) is 0 Å². The second-order valence-electron chi connectivity index (χ2n) is 4.46. The predicted octanol–water partition coefficient (Wildman–Crippen LogP) is 3.27. The molecule has 6 heteroatoms. The van der Waals surface area contributed by atoms with E-state index in [2.05, 4.69) is 13.8 Å². The number of phosphoric acid groups is 1. The SMILES string of the molecule is CCCC(CCC)[Si](C)(C)OP(=O)(O)O. The lowest BCUT2D eigenvalue weighted by atomic mass is 10.1. The van der Waals surface area contributed by atoms with Gasteiger partial charge in [0, 0.05) is 0 Å². The van der Waals surface area contributed by atoms with Gasteiger partial charge in [-0.3, -0.25) is 0 Å². The highest BCUT2D eigenvalue weighted by atomic mass is 31.2. The van der Waals surface area contributed by atoms with Crippen molar-refractivity contribution < 1.29 is 18.6 Å². The summed E-state index contributed by atoms with van der Waals surface area (Å²) in [5, 5.41) is 0. The fourth-order valence-corrected chi connectivity index (χ4v) is 6.93. The molecule has 92 valence electrons. The van der Waals surface area contributed by atoms with Crippen molar-refractivity contribution in [2.45, 2.75) is 58.2 Å². The minimum Gasteiger partial charge on any atom is -0.330 e. The summed E-state index contributed by atoms with van der Waals surface area (Å²) in [7, 11) is -6.60. The molecule has 0 unspecified atom stereocenters. The van der Waals surface area contributed by atoms with Gasteiger partial charge in [-0.05, 0) is 18.6 Å². The highest BCUT2D eigenvalue weighted by molar-refractivity contribution is 7.48. The van der Waals surface area contributed by atoms with E-state index in [4.69, 9.17) is 14.0 Å². The van der Waals surface area contributed by atoms with Crippen LogP contribution in [0.1, 0.15) is 39.5 Å². The van der Waals surface area contributed by atoms with E-state index >= 15 is 0 Å². The summed E-state index contributed by atoms with van der Waals surface area (Å²) in [4.78, 5) is 17.7. The molecule has 0 saturated carbocycles. The maximum Gasteiger partial charge on any atom is 0.459 e. The standard InChI is InChI=1S/C9H23O4PSi/c1-5-7-9(8-6-2)15(3,4)13-14(10,11)12/h9H,5-8H2,1-4H3,(H2,10,11,12). The van der Waals surface area contributed by atoms with E-state index in [0.29, 0.717) is 5.54 Å². The van der Waals surface area contributed by atoms with Crippen molar-refractivity contribution in [3.63, 3.8) is 0 Å². The zero-order valence-electron chi connectivity index (χ0n) is 10.1. The van der Waals surface area contributed by atoms with E-state index in [-0.39, 0.29) is 0 Å². The van der Waals surface area contributed by atoms with Gasteiger partial charge in [0.05, 0.1) is 0 Å². The summed E-state index contributed by atoms with van der Waals surface area (Å²) in [5.74, 6) is 0. The van der Waals surface area contributed by atoms with E-state index < -0.39 is 16.1 Å². The quantitative estimate of drug-likeness (QED) is 0.540. The summed E-state index contributed by atoms with van der Waals surface area (Å²) in [5.41, 5.74) is 0.333. The molecule has 0 bridgehead atoms. The summed E-state index contributed by atoms with van der Waals surface area (Å²) >= 11 is 0. The van der Waals surface area contributed by atoms with Crippen LogP contribution in [-0.4, -0.2) is 18.1 Å². The van der Waals surface area contributed by atoms with Gasteiger partial charge in [0.2, 0.25) is 8.32 Å². The molecule has 0 spiro atoms. The second kappa shape index (κ2) is 6.16. The lowest BCUT2D eigenvalue weighted by Crippen LogP contribution is -2.35. The molecule has 0 aliphatic heterocycles. The van der Waals surface area contributed by atoms with Crippen molar-refractivity contribution >= 4 is 16.1 Å². The molecule has 0 aliphatic rings. The van der Waals surface area contributed by atoms with E-state index in [1.807, 2.05) is 13.1 Å². The Bertz CT molecular complexity index is 220. The van der Waals surface area contributed by atoms with Gasteiger partial charge >= 0.3 is 7.82 Å². The molecule has 0 saturated heterocycles. The second-order valence-corrected chi connectivity index (χ2v) is 10.2. The molecule has 2 N–H and O–H groups in total. The van der Waals surface area contributed by atoms with Gasteiger partial charge in [-0.15, -0.1) is 0 Å². The Morgan fingerprint density at radius 3 is 1.87 bits per heavy atom. The Kier molecular flexibility index (Phi) is 6.29. The number of hydrogen-bond donors (Lipinski definition) is 2. The molecule has 0 radical (unpaired) electrons. The molecular weight excluding hydrogens is 231 g/mol. The molecule has 0 aromatic heterocycles. The molecule has 0 amide bonds. The molecule has 15 heavy (non-hydrogen) atoms. The molecule has 0 aliphatic carbocycles. The van der Waals surface area contributed by atoms with Crippen molar-refractivity contribution in [2.75, 3.05) is 0 Å². The predicted molar refractivity (Wildman–Crippen MR) is 64.2 cm³/mol. The topological polar surface area (TPSA) is 66.8 Å². The van der Waals surface area contributed by atoms with Gasteiger partial charge in [-0.1, -0.05) is 39.5 Å². The first kappa shape index (κ1) is 15.3. The van der Waals surface area contributed by atoms with E-state index in [1.54, 1.807) is 0 Å². The molecule has 0 rings (SSSR count). The maximum absolute atomic E-state index is 10.9. The molecular formula is C9H23O4PSi. The van der Waals surface area contributed by atoms with Crippen LogP contribution in [-0.2, 0) is 8.78 Å². The zero-order valence-corrected chi connectivity index (χ0v) is 12.0. The van der Waals surface area contributed by atoms with Crippen LogP contribution in [0.15, 0.2) is 0 Å². The first-order valence-corrected chi connectivity index (χ1v) is 10.0. The third-order valence-corrected chi connectivity index (χ3v) is 7.99. The molecule has 0 atom stereocenters. The molecule has 0 aromatic carbocycles. The summed E-state index contributed by atoms with van der Waals surface area (Å²) in [6.45, 7) is 7.96. The van der Waals surface area contributed by atoms with Crippen LogP contribution in [0, 0.1) is 0 Å². The van der Waals surface area contributed by atoms with Crippen LogP contribution in [0.4, 0.5) is 0 Å². The minimum absolute atomic E-state index is 0.333. The lowest BCUT2D eigenvalue weighted by molar-refractivity contribution is 0.275. The molecule has 4 nitrogen and oxygen atoms in total. The van der Waals surface area contributed by atoms with Gasteiger partial charge in [0.1, 0.15) is 0 Å². The van der Waals surface area contributed by atoms with Crippen molar-refractivity contribution in [1.29, 1.82) is 0 Å².